The zero-order valence-corrected chi connectivity index (χ0v) is 13.2. The third-order valence-corrected chi connectivity index (χ3v) is 3.51. The fourth-order valence-corrected chi connectivity index (χ4v) is 2.15. The first-order valence-corrected chi connectivity index (χ1v) is 7.24. The van der Waals surface area contributed by atoms with E-state index in [2.05, 4.69) is 26.6 Å². The number of nitrogens with zero attached hydrogens (tertiary/aromatic N) is 1. The molecule has 0 aliphatic rings. The summed E-state index contributed by atoms with van der Waals surface area (Å²) < 4.78 is 0.947. The highest BCUT2D eigenvalue weighted by Gasteiger charge is 2.05. The number of halogens is 2. The quantitative estimate of drug-likeness (QED) is 0.861. The maximum Gasteiger partial charge on any atom is 0.243 e. The fourth-order valence-electron chi connectivity index (χ4n) is 1.64. The van der Waals surface area contributed by atoms with Gasteiger partial charge in [0, 0.05) is 10.2 Å². The predicted octanol–water partition coefficient (Wildman–Crippen LogP) is 4.02. The summed E-state index contributed by atoms with van der Waals surface area (Å²) in [6.45, 7) is 0.0850. The number of carbonyl (C=O) groups is 1. The summed E-state index contributed by atoms with van der Waals surface area (Å²) in [6, 6.07) is 14.2. The van der Waals surface area contributed by atoms with Gasteiger partial charge in [0.25, 0.3) is 0 Å². The van der Waals surface area contributed by atoms with Gasteiger partial charge in [-0.15, -0.1) is 0 Å². The molecular weight excluding hydrogens is 354 g/mol. The first kappa shape index (κ1) is 15.4. The van der Waals surface area contributed by atoms with Crippen molar-refractivity contribution in [3.8, 4) is 6.07 Å². The number of hydrogen-bond acceptors (Lipinski definition) is 3. The van der Waals surface area contributed by atoms with Crippen molar-refractivity contribution < 1.29 is 4.79 Å². The Labute approximate surface area is 135 Å². The van der Waals surface area contributed by atoms with Crippen LogP contribution in [0.2, 0.25) is 5.02 Å². The lowest BCUT2D eigenvalue weighted by molar-refractivity contribution is -0.114. The van der Waals surface area contributed by atoms with Gasteiger partial charge < -0.3 is 10.6 Å². The summed E-state index contributed by atoms with van der Waals surface area (Å²) in [4.78, 5) is 11.8. The minimum absolute atomic E-state index is 0.0850. The Balaban J connectivity index is 1.92. The van der Waals surface area contributed by atoms with Crippen LogP contribution in [0.1, 0.15) is 5.56 Å². The van der Waals surface area contributed by atoms with Gasteiger partial charge in [-0.1, -0.05) is 27.5 Å². The lowest BCUT2D eigenvalue weighted by Gasteiger charge is -2.09. The van der Waals surface area contributed by atoms with E-state index in [4.69, 9.17) is 16.9 Å². The molecule has 2 rings (SSSR count). The van der Waals surface area contributed by atoms with Crippen LogP contribution in [0.4, 0.5) is 11.4 Å². The molecule has 21 heavy (non-hydrogen) atoms. The summed E-state index contributed by atoms with van der Waals surface area (Å²) in [6.07, 6.45) is 0. The molecule has 0 atom stereocenters. The Bertz CT molecular complexity index is 695. The van der Waals surface area contributed by atoms with Crippen LogP contribution >= 0.6 is 27.5 Å². The molecule has 4 nitrogen and oxygen atoms in total. The summed E-state index contributed by atoms with van der Waals surface area (Å²) in [5.74, 6) is -0.183. The minimum atomic E-state index is -0.183. The zero-order valence-electron chi connectivity index (χ0n) is 10.9. The third-order valence-electron chi connectivity index (χ3n) is 2.67. The maximum atomic E-state index is 11.8. The predicted molar refractivity (Wildman–Crippen MR) is 87.4 cm³/mol. The van der Waals surface area contributed by atoms with Gasteiger partial charge in [-0.2, -0.15) is 5.26 Å². The standard InChI is InChI=1S/C15H11BrClN3O/c16-11-2-4-12(5-3-11)20-15(21)9-19-14-6-1-10(8-18)7-13(14)17/h1-7,19H,9H2,(H,20,21). The second kappa shape index (κ2) is 7.11. The van der Waals surface area contributed by atoms with Crippen molar-refractivity contribution in [3.05, 3.63) is 57.5 Å². The van der Waals surface area contributed by atoms with Gasteiger partial charge in [0.2, 0.25) is 5.91 Å². The van der Waals surface area contributed by atoms with Crippen LogP contribution in [0.25, 0.3) is 0 Å². The molecule has 2 aromatic carbocycles. The molecule has 0 saturated carbocycles. The van der Waals surface area contributed by atoms with Crippen molar-refractivity contribution in [1.82, 2.24) is 0 Å². The van der Waals surface area contributed by atoms with Crippen LogP contribution in [0.5, 0.6) is 0 Å². The maximum absolute atomic E-state index is 11.8. The van der Waals surface area contributed by atoms with Gasteiger partial charge in [0.15, 0.2) is 0 Å². The van der Waals surface area contributed by atoms with Crippen molar-refractivity contribution in [3.63, 3.8) is 0 Å². The highest BCUT2D eigenvalue weighted by atomic mass is 79.9. The van der Waals surface area contributed by atoms with Crippen LogP contribution in [-0.2, 0) is 4.79 Å². The number of nitrogens with one attached hydrogen (secondary N) is 2. The van der Waals surface area contributed by atoms with Crippen molar-refractivity contribution in [2.45, 2.75) is 0 Å². The van der Waals surface area contributed by atoms with Crippen molar-refractivity contribution in [2.75, 3.05) is 17.2 Å². The van der Waals surface area contributed by atoms with Crippen LogP contribution in [0, 0.1) is 11.3 Å². The summed E-state index contributed by atoms with van der Waals surface area (Å²) in [5, 5.41) is 14.9. The van der Waals surface area contributed by atoms with Crippen molar-refractivity contribution >= 4 is 44.8 Å². The molecule has 0 fully saturated rings. The monoisotopic (exact) mass is 363 g/mol. The highest BCUT2D eigenvalue weighted by molar-refractivity contribution is 9.10. The molecule has 0 heterocycles. The van der Waals surface area contributed by atoms with Crippen LogP contribution in [-0.4, -0.2) is 12.5 Å². The second-order valence-electron chi connectivity index (χ2n) is 4.22. The van der Waals surface area contributed by atoms with E-state index in [9.17, 15) is 4.79 Å². The topological polar surface area (TPSA) is 64.9 Å². The molecule has 0 aliphatic carbocycles. The third kappa shape index (κ3) is 4.48. The van der Waals surface area contributed by atoms with Crippen LogP contribution in [0.15, 0.2) is 46.9 Å². The number of amides is 1. The largest absolute Gasteiger partial charge is 0.375 e. The van der Waals surface area contributed by atoms with Gasteiger partial charge in [-0.3, -0.25) is 4.79 Å². The van der Waals surface area contributed by atoms with Crippen LogP contribution in [0.3, 0.4) is 0 Å². The smallest absolute Gasteiger partial charge is 0.243 e. The van der Waals surface area contributed by atoms with Gasteiger partial charge in [-0.05, 0) is 42.5 Å². The summed E-state index contributed by atoms with van der Waals surface area (Å²) >= 11 is 9.35. The molecule has 1 amide bonds. The Morgan fingerprint density at radius 1 is 1.24 bits per heavy atom. The van der Waals surface area contributed by atoms with Gasteiger partial charge in [-0.25, -0.2) is 0 Å². The Kier molecular flexibility index (Phi) is 5.20. The fraction of sp³-hybridized carbons (Fsp3) is 0.0667. The lowest BCUT2D eigenvalue weighted by Crippen LogP contribution is -2.21. The Hall–Kier alpha value is -2.03. The van der Waals surface area contributed by atoms with E-state index in [-0.39, 0.29) is 12.5 Å². The SMILES string of the molecule is N#Cc1ccc(NCC(=O)Nc2ccc(Br)cc2)c(Cl)c1. The van der Waals surface area contributed by atoms with Gasteiger partial charge in [0.1, 0.15) is 0 Å². The first-order chi connectivity index (χ1) is 10.1. The van der Waals surface area contributed by atoms with E-state index in [1.165, 1.54) is 0 Å². The number of rotatable bonds is 4. The average molecular weight is 365 g/mol. The molecule has 0 aromatic heterocycles. The number of nitriles is 1. The first-order valence-electron chi connectivity index (χ1n) is 6.07. The minimum Gasteiger partial charge on any atom is -0.375 e. The normalized spacial score (nSPS) is 9.76. The van der Waals surface area contributed by atoms with E-state index in [1.54, 1.807) is 30.3 Å². The van der Waals surface area contributed by atoms with E-state index in [0.717, 1.165) is 10.2 Å². The van der Waals surface area contributed by atoms with Gasteiger partial charge in [0.05, 0.1) is 28.9 Å². The Morgan fingerprint density at radius 3 is 2.57 bits per heavy atom. The van der Waals surface area contributed by atoms with E-state index < -0.39 is 0 Å². The lowest BCUT2D eigenvalue weighted by atomic mass is 10.2. The highest BCUT2D eigenvalue weighted by Crippen LogP contribution is 2.22. The van der Waals surface area contributed by atoms with E-state index in [1.807, 2.05) is 18.2 Å². The zero-order chi connectivity index (χ0) is 15.2. The molecule has 0 saturated heterocycles. The summed E-state index contributed by atoms with van der Waals surface area (Å²) in [7, 11) is 0. The molecule has 0 spiro atoms. The molecule has 2 aromatic rings. The number of carbonyl (C=O) groups excluding carboxylic acids is 1. The number of hydrogen-bond donors (Lipinski definition) is 2. The number of anilines is 2. The Morgan fingerprint density at radius 2 is 1.95 bits per heavy atom. The van der Waals surface area contributed by atoms with Gasteiger partial charge >= 0.3 is 0 Å². The van der Waals surface area contributed by atoms with E-state index >= 15 is 0 Å². The van der Waals surface area contributed by atoms with Crippen LogP contribution < -0.4 is 10.6 Å². The molecule has 0 aliphatic heterocycles. The summed E-state index contributed by atoms with van der Waals surface area (Å²) in [5.41, 5.74) is 1.81. The molecule has 6 heteroatoms. The average Bonchev–Trinajstić information content (AvgIpc) is 2.48. The van der Waals surface area contributed by atoms with E-state index in [0.29, 0.717) is 16.3 Å². The molecular formula is C15H11BrClN3O. The molecule has 0 bridgehead atoms. The molecule has 0 unspecified atom stereocenters. The molecule has 106 valence electrons. The number of benzene rings is 2. The van der Waals surface area contributed by atoms with Crippen molar-refractivity contribution in [2.24, 2.45) is 0 Å². The molecule has 2 N–H and O–H groups in total. The molecule has 0 radical (unpaired) electrons. The van der Waals surface area contributed by atoms with Crippen molar-refractivity contribution in [1.29, 1.82) is 5.26 Å². The second-order valence-corrected chi connectivity index (χ2v) is 5.54.